The molecule has 0 spiro atoms. The number of hydrogen-bond acceptors (Lipinski definition) is 9. The summed E-state index contributed by atoms with van der Waals surface area (Å²) in [6.45, 7) is 6.25. The maximum Gasteiger partial charge on any atom is 0.414 e. The van der Waals surface area contributed by atoms with Crippen LogP contribution in [-0.2, 0) is 25.8 Å². The summed E-state index contributed by atoms with van der Waals surface area (Å²) < 4.78 is 43.8. The van der Waals surface area contributed by atoms with Crippen molar-refractivity contribution in [3.8, 4) is 17.2 Å². The first-order chi connectivity index (χ1) is 21.9. The van der Waals surface area contributed by atoms with E-state index < -0.39 is 21.8 Å². The maximum absolute atomic E-state index is 13.6. The van der Waals surface area contributed by atoms with E-state index in [1.807, 2.05) is 50.2 Å². The molecule has 4 rings (SSSR count). The van der Waals surface area contributed by atoms with Crippen LogP contribution in [0.15, 0.2) is 82.6 Å². The van der Waals surface area contributed by atoms with Gasteiger partial charge in [-0.2, -0.15) is 0 Å². The topological polar surface area (TPSA) is 153 Å². The number of aromatic nitrogens is 1. The number of ether oxygens (including phenoxy) is 3. The van der Waals surface area contributed by atoms with Gasteiger partial charge in [0, 0.05) is 18.5 Å². The SMILES string of the molecule is COc1ccc(CCN(C)CCCOc2ccc(S(=O)(=O)c3cc4ccccc4nc3C(C)C)cc2)cc1OC.O=C(O)C(=O)O. The monoisotopic (exact) mass is 652 g/mol. The molecule has 0 saturated carbocycles. The number of rotatable bonds is 13. The third-order valence-electron chi connectivity index (χ3n) is 7.05. The van der Waals surface area contributed by atoms with Gasteiger partial charge in [-0.25, -0.2) is 18.0 Å². The Balaban J connectivity index is 0.000000875. The summed E-state index contributed by atoms with van der Waals surface area (Å²) in [4.78, 5) is 25.6. The zero-order chi connectivity index (χ0) is 33.9. The van der Waals surface area contributed by atoms with Crippen molar-refractivity contribution >= 4 is 32.7 Å². The zero-order valence-corrected chi connectivity index (χ0v) is 27.4. The fraction of sp³-hybridized carbons (Fsp3) is 0.324. The van der Waals surface area contributed by atoms with E-state index in [-0.39, 0.29) is 15.7 Å². The number of methoxy groups -OCH3 is 2. The molecule has 0 bridgehead atoms. The highest BCUT2D eigenvalue weighted by Gasteiger charge is 2.24. The first-order valence-electron chi connectivity index (χ1n) is 14.6. The molecule has 0 saturated heterocycles. The van der Waals surface area contributed by atoms with Crippen LogP contribution < -0.4 is 14.2 Å². The highest BCUT2D eigenvalue weighted by Crippen LogP contribution is 2.31. The van der Waals surface area contributed by atoms with Crippen molar-refractivity contribution in [1.82, 2.24) is 9.88 Å². The maximum atomic E-state index is 13.6. The summed E-state index contributed by atoms with van der Waals surface area (Å²) in [5.41, 5.74) is 2.56. The van der Waals surface area contributed by atoms with Crippen molar-refractivity contribution in [2.24, 2.45) is 0 Å². The number of aliphatic carboxylic acids is 2. The quantitative estimate of drug-likeness (QED) is 0.143. The number of para-hydroxylation sites is 1. The molecule has 1 heterocycles. The van der Waals surface area contributed by atoms with Crippen molar-refractivity contribution in [1.29, 1.82) is 0 Å². The van der Waals surface area contributed by atoms with Crippen LogP contribution in [-0.4, -0.2) is 81.4 Å². The average Bonchev–Trinajstić information content (AvgIpc) is 3.05. The Morgan fingerprint density at radius 1 is 0.870 bits per heavy atom. The summed E-state index contributed by atoms with van der Waals surface area (Å²) in [6.07, 6.45) is 1.75. The van der Waals surface area contributed by atoms with Gasteiger partial charge in [0.05, 0.1) is 41.8 Å². The summed E-state index contributed by atoms with van der Waals surface area (Å²) in [6, 6.07) is 22.0. The van der Waals surface area contributed by atoms with Gasteiger partial charge in [-0.05, 0) is 79.9 Å². The number of pyridine rings is 1. The Bertz CT molecular complexity index is 1730. The van der Waals surface area contributed by atoms with Gasteiger partial charge >= 0.3 is 11.9 Å². The van der Waals surface area contributed by atoms with E-state index in [1.54, 1.807) is 44.6 Å². The third-order valence-corrected chi connectivity index (χ3v) is 8.85. The molecule has 0 amide bonds. The second-order valence-electron chi connectivity index (χ2n) is 10.7. The van der Waals surface area contributed by atoms with Crippen LogP contribution in [0.25, 0.3) is 10.9 Å². The van der Waals surface area contributed by atoms with E-state index in [9.17, 15) is 8.42 Å². The van der Waals surface area contributed by atoms with Gasteiger partial charge in [0.1, 0.15) is 5.75 Å². The lowest BCUT2D eigenvalue weighted by Crippen LogP contribution is -2.23. The van der Waals surface area contributed by atoms with Crippen LogP contribution in [0.4, 0.5) is 0 Å². The molecule has 0 fully saturated rings. The molecule has 246 valence electrons. The van der Waals surface area contributed by atoms with Gasteiger partial charge in [-0.1, -0.05) is 38.1 Å². The highest BCUT2D eigenvalue weighted by molar-refractivity contribution is 7.91. The van der Waals surface area contributed by atoms with Crippen LogP contribution in [0.3, 0.4) is 0 Å². The number of likely N-dealkylation sites (N-methyl/N-ethyl adjacent to an activating group) is 1. The molecule has 0 atom stereocenters. The van der Waals surface area contributed by atoms with Gasteiger partial charge in [0.25, 0.3) is 0 Å². The van der Waals surface area contributed by atoms with Crippen LogP contribution in [0.2, 0.25) is 0 Å². The average molecular weight is 653 g/mol. The molecule has 3 aromatic carbocycles. The summed E-state index contributed by atoms with van der Waals surface area (Å²) in [5.74, 6) is -1.57. The molecule has 0 aliphatic rings. The molecule has 0 aliphatic carbocycles. The molecule has 4 aromatic rings. The molecule has 0 unspecified atom stereocenters. The lowest BCUT2D eigenvalue weighted by atomic mass is 10.1. The number of sulfone groups is 1. The van der Waals surface area contributed by atoms with Crippen LogP contribution in [0.1, 0.15) is 37.4 Å². The van der Waals surface area contributed by atoms with Crippen LogP contribution in [0.5, 0.6) is 17.2 Å². The third kappa shape index (κ3) is 9.66. The molecule has 11 nitrogen and oxygen atoms in total. The van der Waals surface area contributed by atoms with E-state index in [0.29, 0.717) is 18.1 Å². The van der Waals surface area contributed by atoms with Crippen LogP contribution in [0, 0.1) is 0 Å². The smallest absolute Gasteiger partial charge is 0.414 e. The fourth-order valence-electron chi connectivity index (χ4n) is 4.57. The number of carboxylic acids is 2. The first-order valence-corrected chi connectivity index (χ1v) is 16.1. The van der Waals surface area contributed by atoms with Gasteiger partial charge < -0.3 is 29.3 Å². The van der Waals surface area contributed by atoms with Crippen molar-refractivity contribution in [3.05, 3.63) is 84.1 Å². The number of nitrogens with zero attached hydrogens (tertiary/aromatic N) is 2. The van der Waals surface area contributed by atoms with Gasteiger partial charge in [0.15, 0.2) is 11.5 Å². The van der Waals surface area contributed by atoms with E-state index in [4.69, 9.17) is 34.0 Å². The summed E-state index contributed by atoms with van der Waals surface area (Å²) in [5, 5.41) is 15.6. The van der Waals surface area contributed by atoms with Crippen molar-refractivity contribution < 1.29 is 42.4 Å². The lowest BCUT2D eigenvalue weighted by molar-refractivity contribution is -0.159. The molecule has 0 radical (unpaired) electrons. The second kappa shape index (κ2) is 16.6. The van der Waals surface area contributed by atoms with Crippen LogP contribution >= 0.6 is 0 Å². The first kappa shape index (κ1) is 35.8. The molecule has 1 aromatic heterocycles. The normalized spacial score (nSPS) is 11.2. The standard InChI is InChI=1S/C32H38N2O5S.C2H2O4/c1-23(2)32-31(22-25-9-6-7-10-28(25)33-32)40(35,36)27-14-12-26(13-15-27)39-20-8-18-34(3)19-17-24-11-16-29(37-4)30(21-24)38-5;3-1(4)2(5)6/h6-7,9-16,21-23H,8,17-20H2,1-5H3;(H,3,4)(H,5,6). The summed E-state index contributed by atoms with van der Waals surface area (Å²) >= 11 is 0. The fourth-order valence-corrected chi connectivity index (χ4v) is 6.16. The van der Waals surface area contributed by atoms with Crippen molar-refractivity contribution in [3.63, 3.8) is 0 Å². The molecule has 46 heavy (non-hydrogen) atoms. The van der Waals surface area contributed by atoms with E-state index in [0.717, 1.165) is 48.3 Å². The molecule has 2 N–H and O–H groups in total. The predicted molar refractivity (Wildman–Crippen MR) is 174 cm³/mol. The van der Waals surface area contributed by atoms with Gasteiger partial charge in [-0.3, -0.25) is 4.98 Å². The van der Waals surface area contributed by atoms with E-state index in [1.165, 1.54) is 5.56 Å². The zero-order valence-electron chi connectivity index (χ0n) is 26.6. The number of benzene rings is 3. The Labute approximate surface area is 269 Å². The number of carboxylic acid groups (broad SMARTS) is 2. The second-order valence-corrected chi connectivity index (χ2v) is 12.7. The summed E-state index contributed by atoms with van der Waals surface area (Å²) in [7, 11) is 1.63. The van der Waals surface area contributed by atoms with Gasteiger partial charge in [-0.15, -0.1) is 0 Å². The number of fused-ring (bicyclic) bond motifs is 1. The Hall–Kier alpha value is -4.68. The largest absolute Gasteiger partial charge is 0.494 e. The molecular formula is C34H40N2O9S. The van der Waals surface area contributed by atoms with Crippen molar-refractivity contribution in [2.75, 3.05) is 41.0 Å². The Morgan fingerprint density at radius 2 is 1.52 bits per heavy atom. The van der Waals surface area contributed by atoms with E-state index in [2.05, 4.69) is 23.0 Å². The minimum absolute atomic E-state index is 0.0332. The number of carbonyl (C=O) groups is 2. The minimum Gasteiger partial charge on any atom is -0.494 e. The minimum atomic E-state index is -3.74. The predicted octanol–water partition coefficient (Wildman–Crippen LogP) is 5.31. The van der Waals surface area contributed by atoms with Crippen molar-refractivity contribution in [2.45, 2.75) is 42.4 Å². The van der Waals surface area contributed by atoms with Gasteiger partial charge in [0.2, 0.25) is 9.84 Å². The Morgan fingerprint density at radius 3 is 2.13 bits per heavy atom. The number of hydrogen-bond donors (Lipinski definition) is 2. The molecular weight excluding hydrogens is 612 g/mol. The molecule has 12 heteroatoms. The highest BCUT2D eigenvalue weighted by atomic mass is 32.2. The Kier molecular flexibility index (Phi) is 12.9. The molecule has 0 aliphatic heterocycles. The van der Waals surface area contributed by atoms with E-state index >= 15 is 0 Å². The lowest BCUT2D eigenvalue weighted by Gasteiger charge is -2.17.